The average Bonchev–Trinajstić information content (AvgIpc) is 2.30. The number of rotatable bonds is 6. The molecule has 0 saturated carbocycles. The van der Waals surface area contributed by atoms with Gasteiger partial charge in [-0.25, -0.2) is 9.97 Å². The van der Waals surface area contributed by atoms with Crippen LogP contribution in [0.2, 0.25) is 0 Å². The van der Waals surface area contributed by atoms with E-state index in [1.807, 2.05) is 0 Å². The molecule has 1 heterocycles. The third-order valence-corrected chi connectivity index (χ3v) is 2.89. The second kappa shape index (κ2) is 6.58. The quantitative estimate of drug-likeness (QED) is 0.817. The van der Waals surface area contributed by atoms with E-state index in [9.17, 15) is 0 Å². The van der Waals surface area contributed by atoms with E-state index in [0.717, 1.165) is 24.6 Å². The van der Waals surface area contributed by atoms with E-state index in [0.29, 0.717) is 5.92 Å². The number of aromatic nitrogens is 2. The second-order valence-electron chi connectivity index (χ2n) is 4.79. The third-order valence-electron chi connectivity index (χ3n) is 2.89. The highest BCUT2D eigenvalue weighted by Crippen LogP contribution is 2.20. The van der Waals surface area contributed by atoms with Gasteiger partial charge in [-0.2, -0.15) is 0 Å². The normalized spacial score (nSPS) is 10.9. The Bertz CT molecular complexity index is 359. The molecule has 0 aliphatic carbocycles. The van der Waals surface area contributed by atoms with Crippen molar-refractivity contribution in [1.82, 2.24) is 9.97 Å². The summed E-state index contributed by atoms with van der Waals surface area (Å²) in [6.07, 6.45) is 3.46. The lowest BCUT2D eigenvalue weighted by molar-refractivity contribution is 0.722. The van der Waals surface area contributed by atoms with Crippen molar-refractivity contribution in [2.24, 2.45) is 0 Å². The molecule has 0 spiro atoms. The van der Waals surface area contributed by atoms with Gasteiger partial charge >= 0.3 is 0 Å². The van der Waals surface area contributed by atoms with Crippen LogP contribution in [0.15, 0.2) is 0 Å². The zero-order valence-electron chi connectivity index (χ0n) is 11.8. The van der Waals surface area contributed by atoms with E-state index >= 15 is 0 Å². The minimum atomic E-state index is 0.383. The molecule has 0 saturated heterocycles. The van der Waals surface area contributed by atoms with E-state index < -0.39 is 0 Å². The molecule has 3 nitrogen and oxygen atoms in total. The Morgan fingerprint density at radius 2 is 1.88 bits per heavy atom. The highest BCUT2D eigenvalue weighted by molar-refractivity contribution is 5.46. The van der Waals surface area contributed by atoms with Crippen molar-refractivity contribution in [3.63, 3.8) is 0 Å². The van der Waals surface area contributed by atoms with Crippen molar-refractivity contribution in [1.29, 1.82) is 0 Å². The average molecular weight is 235 g/mol. The molecule has 3 heteroatoms. The van der Waals surface area contributed by atoms with Crippen LogP contribution >= 0.6 is 0 Å². The molecule has 0 unspecified atom stereocenters. The monoisotopic (exact) mass is 235 g/mol. The van der Waals surface area contributed by atoms with Gasteiger partial charge in [0.2, 0.25) is 0 Å². The minimum absolute atomic E-state index is 0.383. The Labute approximate surface area is 105 Å². The van der Waals surface area contributed by atoms with E-state index in [-0.39, 0.29) is 0 Å². The molecule has 0 aliphatic heterocycles. The summed E-state index contributed by atoms with van der Waals surface area (Å²) in [4.78, 5) is 9.31. The molecule has 0 aromatic carbocycles. The van der Waals surface area contributed by atoms with Crippen LogP contribution in [0, 0.1) is 6.92 Å². The number of nitrogens with one attached hydrogen (secondary N) is 1. The van der Waals surface area contributed by atoms with Crippen LogP contribution in [0.25, 0.3) is 0 Å². The van der Waals surface area contributed by atoms with Crippen molar-refractivity contribution >= 4 is 5.82 Å². The summed E-state index contributed by atoms with van der Waals surface area (Å²) in [5.41, 5.74) is 2.42. The largest absolute Gasteiger partial charge is 0.370 e. The number of unbranched alkanes of at least 4 members (excludes halogenated alkanes) is 1. The van der Waals surface area contributed by atoms with Crippen LogP contribution in [-0.4, -0.2) is 16.5 Å². The number of nitrogens with zero attached hydrogens (tertiary/aromatic N) is 2. The Kier molecular flexibility index (Phi) is 5.39. The predicted octanol–water partition coefficient (Wildman–Crippen LogP) is 3.68. The Balaban J connectivity index is 3.08. The van der Waals surface area contributed by atoms with Crippen LogP contribution in [-0.2, 0) is 6.42 Å². The van der Waals surface area contributed by atoms with Gasteiger partial charge in [0.1, 0.15) is 11.6 Å². The van der Waals surface area contributed by atoms with Gasteiger partial charge in [-0.3, -0.25) is 0 Å². The lowest BCUT2D eigenvalue weighted by Crippen LogP contribution is -2.10. The van der Waals surface area contributed by atoms with Crippen molar-refractivity contribution in [3.8, 4) is 0 Å². The zero-order valence-corrected chi connectivity index (χ0v) is 11.8. The first-order valence-electron chi connectivity index (χ1n) is 6.71. The molecule has 1 aromatic rings. The van der Waals surface area contributed by atoms with E-state index in [1.165, 1.54) is 24.1 Å². The lowest BCUT2D eigenvalue weighted by atomic mass is 10.1. The maximum atomic E-state index is 4.70. The predicted molar refractivity (Wildman–Crippen MR) is 73.6 cm³/mol. The van der Waals surface area contributed by atoms with Crippen LogP contribution in [0.5, 0.6) is 0 Å². The Morgan fingerprint density at radius 1 is 1.18 bits per heavy atom. The van der Waals surface area contributed by atoms with Crippen molar-refractivity contribution in [3.05, 3.63) is 17.1 Å². The summed E-state index contributed by atoms with van der Waals surface area (Å²) in [5.74, 6) is 2.35. The summed E-state index contributed by atoms with van der Waals surface area (Å²) in [5, 5.41) is 3.34. The fourth-order valence-electron chi connectivity index (χ4n) is 1.77. The molecule has 0 amide bonds. The van der Waals surface area contributed by atoms with Gasteiger partial charge in [0, 0.05) is 23.7 Å². The molecule has 0 fully saturated rings. The highest BCUT2D eigenvalue weighted by Gasteiger charge is 2.12. The topological polar surface area (TPSA) is 37.8 Å². The van der Waals surface area contributed by atoms with Crippen molar-refractivity contribution < 1.29 is 0 Å². The van der Waals surface area contributed by atoms with E-state index in [1.54, 1.807) is 0 Å². The zero-order chi connectivity index (χ0) is 12.8. The fourth-order valence-corrected chi connectivity index (χ4v) is 1.77. The van der Waals surface area contributed by atoms with Crippen molar-refractivity contribution in [2.75, 3.05) is 11.9 Å². The first-order chi connectivity index (χ1) is 8.10. The second-order valence-corrected chi connectivity index (χ2v) is 4.79. The summed E-state index contributed by atoms with van der Waals surface area (Å²) in [7, 11) is 0. The molecule has 0 radical (unpaired) electrons. The van der Waals surface area contributed by atoms with Gasteiger partial charge in [-0.15, -0.1) is 0 Å². The van der Waals surface area contributed by atoms with Crippen LogP contribution in [0.3, 0.4) is 0 Å². The van der Waals surface area contributed by atoms with Crippen molar-refractivity contribution in [2.45, 2.75) is 59.8 Å². The van der Waals surface area contributed by atoms with Crippen LogP contribution in [0.4, 0.5) is 5.82 Å². The highest BCUT2D eigenvalue weighted by atomic mass is 15.0. The van der Waals surface area contributed by atoms with Gasteiger partial charge in [-0.05, 0) is 26.7 Å². The Hall–Kier alpha value is -1.12. The molecule has 1 aromatic heterocycles. The summed E-state index contributed by atoms with van der Waals surface area (Å²) < 4.78 is 0. The van der Waals surface area contributed by atoms with Gasteiger partial charge in [-0.1, -0.05) is 27.2 Å². The van der Waals surface area contributed by atoms with Gasteiger partial charge in [0.05, 0.1) is 0 Å². The Morgan fingerprint density at radius 3 is 2.41 bits per heavy atom. The molecule has 1 N–H and O–H groups in total. The molecule has 1 rings (SSSR count). The molecular formula is C14H25N3. The van der Waals surface area contributed by atoms with E-state index in [2.05, 4.69) is 44.9 Å². The molecule has 0 bridgehead atoms. The molecule has 0 atom stereocenters. The fraction of sp³-hybridized carbons (Fsp3) is 0.714. The van der Waals surface area contributed by atoms with E-state index in [4.69, 9.17) is 4.98 Å². The summed E-state index contributed by atoms with van der Waals surface area (Å²) in [6, 6.07) is 0. The van der Waals surface area contributed by atoms with Gasteiger partial charge in [0.15, 0.2) is 0 Å². The van der Waals surface area contributed by atoms with Crippen LogP contribution in [0.1, 0.15) is 63.5 Å². The number of anilines is 1. The van der Waals surface area contributed by atoms with Gasteiger partial charge in [0.25, 0.3) is 0 Å². The first-order valence-corrected chi connectivity index (χ1v) is 6.71. The summed E-state index contributed by atoms with van der Waals surface area (Å²) >= 11 is 0. The lowest BCUT2D eigenvalue weighted by Gasteiger charge is -2.14. The SMILES string of the molecule is CCCCc1nc(C(C)C)nc(NCC)c1C. The van der Waals surface area contributed by atoms with Gasteiger partial charge < -0.3 is 5.32 Å². The standard InChI is InChI=1S/C14H25N3/c1-6-8-9-12-11(5)14(15-7-2)17-13(16-12)10(3)4/h10H,6-9H2,1-5H3,(H,15,16,17). The maximum absolute atomic E-state index is 4.70. The molecule has 17 heavy (non-hydrogen) atoms. The smallest absolute Gasteiger partial charge is 0.133 e. The molecule has 0 aliphatic rings. The maximum Gasteiger partial charge on any atom is 0.133 e. The van der Waals surface area contributed by atoms with Crippen LogP contribution < -0.4 is 5.32 Å². The number of hydrogen-bond acceptors (Lipinski definition) is 3. The number of hydrogen-bond donors (Lipinski definition) is 1. The molecule has 96 valence electrons. The first kappa shape index (κ1) is 13.9. The minimum Gasteiger partial charge on any atom is -0.370 e. The third kappa shape index (κ3) is 3.69. The summed E-state index contributed by atoms with van der Waals surface area (Å²) in [6.45, 7) is 11.6. The number of aryl methyl sites for hydroxylation is 1. The molecular weight excluding hydrogens is 210 g/mol.